The number of hydrogen-bond donors (Lipinski definition) is 1. The number of nitrogens with zero attached hydrogens (tertiary/aromatic N) is 1. The summed E-state index contributed by atoms with van der Waals surface area (Å²) in [5.41, 5.74) is 0. The fraction of sp³-hybridized carbons (Fsp3) is 0.882. The fourth-order valence-corrected chi connectivity index (χ4v) is 3.74. The van der Waals surface area contributed by atoms with Crippen molar-refractivity contribution in [3.8, 4) is 0 Å². The molecule has 1 N–H and O–H groups in total. The van der Waals surface area contributed by atoms with Crippen molar-refractivity contribution in [2.45, 2.75) is 89.6 Å². The maximum absolute atomic E-state index is 12.3. The topological polar surface area (TPSA) is 49.4 Å². The number of amides is 2. The van der Waals surface area contributed by atoms with Crippen LogP contribution in [-0.2, 0) is 9.59 Å². The minimum absolute atomic E-state index is 0.0303. The van der Waals surface area contributed by atoms with Gasteiger partial charge in [-0.2, -0.15) is 0 Å². The minimum Gasteiger partial charge on any atom is -0.352 e. The van der Waals surface area contributed by atoms with Crippen LogP contribution in [0.15, 0.2) is 0 Å². The van der Waals surface area contributed by atoms with E-state index in [1.807, 2.05) is 0 Å². The van der Waals surface area contributed by atoms with Crippen molar-refractivity contribution in [3.05, 3.63) is 0 Å². The molecule has 0 spiro atoms. The smallest absolute Gasteiger partial charge is 0.239 e. The predicted molar refractivity (Wildman–Crippen MR) is 83.9 cm³/mol. The van der Waals surface area contributed by atoms with E-state index >= 15 is 0 Å². The van der Waals surface area contributed by atoms with Crippen molar-refractivity contribution in [1.82, 2.24) is 10.2 Å². The van der Waals surface area contributed by atoms with Crippen LogP contribution in [0.1, 0.15) is 77.6 Å². The highest BCUT2D eigenvalue weighted by Crippen LogP contribution is 2.23. The van der Waals surface area contributed by atoms with Crippen molar-refractivity contribution >= 4 is 11.8 Å². The van der Waals surface area contributed by atoms with Crippen LogP contribution in [0.5, 0.6) is 0 Å². The molecule has 2 amide bonds. The van der Waals surface area contributed by atoms with E-state index in [-0.39, 0.29) is 24.4 Å². The van der Waals surface area contributed by atoms with Crippen LogP contribution in [0.3, 0.4) is 0 Å². The quantitative estimate of drug-likeness (QED) is 0.810. The summed E-state index contributed by atoms with van der Waals surface area (Å²) in [5.74, 6) is 0.0700. The molecule has 2 saturated carbocycles. The summed E-state index contributed by atoms with van der Waals surface area (Å²) >= 11 is 0. The van der Waals surface area contributed by atoms with Gasteiger partial charge in [0.15, 0.2) is 0 Å². The summed E-state index contributed by atoms with van der Waals surface area (Å²) in [6.07, 6.45) is 12.9. The molecular formula is C17H30N2O2. The Labute approximate surface area is 128 Å². The zero-order chi connectivity index (χ0) is 15.1. The average Bonchev–Trinajstić information content (AvgIpc) is 2.74. The standard InChI is InChI=1S/C17H30N2O2/c1-14(20)19(16-11-7-4-8-12-16)13-17(21)18-15-9-5-2-3-6-10-15/h15-16H,2-13H2,1H3,(H,18,21). The summed E-state index contributed by atoms with van der Waals surface area (Å²) in [4.78, 5) is 25.9. The summed E-state index contributed by atoms with van der Waals surface area (Å²) in [5, 5.41) is 3.15. The second-order valence-corrected chi connectivity index (χ2v) is 6.69. The third-order valence-corrected chi connectivity index (χ3v) is 4.95. The van der Waals surface area contributed by atoms with Gasteiger partial charge in [-0.25, -0.2) is 0 Å². The Morgan fingerprint density at radius 1 is 0.905 bits per heavy atom. The molecule has 0 radical (unpaired) electrons. The Balaban J connectivity index is 1.83. The first-order chi connectivity index (χ1) is 10.2. The molecule has 4 nitrogen and oxygen atoms in total. The molecule has 2 fully saturated rings. The van der Waals surface area contributed by atoms with Gasteiger partial charge in [-0.1, -0.05) is 44.9 Å². The molecule has 4 heteroatoms. The molecule has 2 aliphatic carbocycles. The van der Waals surface area contributed by atoms with Gasteiger partial charge >= 0.3 is 0 Å². The van der Waals surface area contributed by atoms with Gasteiger partial charge in [0.05, 0.1) is 6.54 Å². The lowest BCUT2D eigenvalue weighted by molar-refractivity contribution is -0.137. The van der Waals surface area contributed by atoms with Crippen LogP contribution in [-0.4, -0.2) is 35.3 Å². The van der Waals surface area contributed by atoms with Gasteiger partial charge in [-0.15, -0.1) is 0 Å². The van der Waals surface area contributed by atoms with Crippen molar-refractivity contribution < 1.29 is 9.59 Å². The first-order valence-electron chi connectivity index (χ1n) is 8.73. The molecule has 2 rings (SSSR count). The molecule has 0 aromatic rings. The van der Waals surface area contributed by atoms with E-state index in [1.165, 1.54) is 44.9 Å². The molecule has 0 heterocycles. The molecule has 2 aliphatic rings. The van der Waals surface area contributed by atoms with E-state index in [4.69, 9.17) is 0 Å². The summed E-state index contributed by atoms with van der Waals surface area (Å²) < 4.78 is 0. The maximum Gasteiger partial charge on any atom is 0.239 e. The summed E-state index contributed by atoms with van der Waals surface area (Å²) in [6.45, 7) is 1.84. The van der Waals surface area contributed by atoms with E-state index in [0.717, 1.165) is 25.7 Å². The van der Waals surface area contributed by atoms with E-state index in [2.05, 4.69) is 5.32 Å². The number of hydrogen-bond acceptors (Lipinski definition) is 2. The summed E-state index contributed by atoms with van der Waals surface area (Å²) in [7, 11) is 0. The van der Waals surface area contributed by atoms with Gasteiger partial charge in [0, 0.05) is 19.0 Å². The van der Waals surface area contributed by atoms with Crippen LogP contribution >= 0.6 is 0 Å². The van der Waals surface area contributed by atoms with Gasteiger partial charge in [-0.05, 0) is 25.7 Å². The molecule has 0 aromatic heterocycles. The molecule has 120 valence electrons. The molecule has 0 unspecified atom stereocenters. The number of carbonyl (C=O) groups excluding carboxylic acids is 2. The van der Waals surface area contributed by atoms with Crippen LogP contribution < -0.4 is 5.32 Å². The normalized spacial score (nSPS) is 21.6. The molecular weight excluding hydrogens is 264 g/mol. The Bertz CT molecular complexity index is 343. The monoisotopic (exact) mass is 294 g/mol. The second-order valence-electron chi connectivity index (χ2n) is 6.69. The van der Waals surface area contributed by atoms with Gasteiger partial charge in [0.2, 0.25) is 11.8 Å². The zero-order valence-electron chi connectivity index (χ0n) is 13.4. The fourth-order valence-electron chi connectivity index (χ4n) is 3.74. The molecule has 0 bridgehead atoms. The number of nitrogens with one attached hydrogen (secondary N) is 1. The first kappa shape index (κ1) is 16.3. The minimum atomic E-state index is 0.0303. The third kappa shape index (κ3) is 5.33. The lowest BCUT2D eigenvalue weighted by Crippen LogP contribution is -2.48. The van der Waals surface area contributed by atoms with Crippen molar-refractivity contribution in [3.63, 3.8) is 0 Å². The van der Waals surface area contributed by atoms with Gasteiger partial charge in [0.1, 0.15) is 0 Å². The van der Waals surface area contributed by atoms with E-state index in [1.54, 1.807) is 11.8 Å². The largest absolute Gasteiger partial charge is 0.352 e. The highest BCUT2D eigenvalue weighted by atomic mass is 16.2. The Morgan fingerprint density at radius 3 is 2.00 bits per heavy atom. The van der Waals surface area contributed by atoms with Gasteiger partial charge in [0.25, 0.3) is 0 Å². The van der Waals surface area contributed by atoms with Crippen molar-refractivity contribution in [2.24, 2.45) is 0 Å². The van der Waals surface area contributed by atoms with Crippen molar-refractivity contribution in [1.29, 1.82) is 0 Å². The highest BCUT2D eigenvalue weighted by Gasteiger charge is 2.25. The SMILES string of the molecule is CC(=O)N(CC(=O)NC1CCCCCC1)C1CCCCC1. The third-order valence-electron chi connectivity index (χ3n) is 4.95. The first-order valence-corrected chi connectivity index (χ1v) is 8.73. The Hall–Kier alpha value is -1.06. The molecule has 0 atom stereocenters. The lowest BCUT2D eigenvalue weighted by Gasteiger charge is -2.33. The maximum atomic E-state index is 12.3. The van der Waals surface area contributed by atoms with Crippen LogP contribution in [0, 0.1) is 0 Å². The molecule has 0 saturated heterocycles. The highest BCUT2D eigenvalue weighted by molar-refractivity contribution is 5.84. The summed E-state index contributed by atoms with van der Waals surface area (Å²) in [6, 6.07) is 0.594. The van der Waals surface area contributed by atoms with Gasteiger partial charge < -0.3 is 10.2 Å². The Kier molecular flexibility index (Phi) is 6.52. The van der Waals surface area contributed by atoms with Crippen LogP contribution in [0.2, 0.25) is 0 Å². The molecule has 0 aromatic carbocycles. The van der Waals surface area contributed by atoms with Gasteiger partial charge in [-0.3, -0.25) is 9.59 Å². The van der Waals surface area contributed by atoms with Crippen molar-refractivity contribution in [2.75, 3.05) is 6.54 Å². The second kappa shape index (κ2) is 8.40. The molecule has 21 heavy (non-hydrogen) atoms. The lowest BCUT2D eigenvalue weighted by atomic mass is 9.94. The predicted octanol–water partition coefficient (Wildman–Crippen LogP) is 3.01. The Morgan fingerprint density at radius 2 is 1.43 bits per heavy atom. The number of carbonyl (C=O) groups is 2. The van der Waals surface area contributed by atoms with E-state index < -0.39 is 0 Å². The van der Waals surface area contributed by atoms with E-state index in [9.17, 15) is 9.59 Å². The van der Waals surface area contributed by atoms with E-state index in [0.29, 0.717) is 6.04 Å². The number of rotatable bonds is 4. The van der Waals surface area contributed by atoms with Crippen LogP contribution in [0.4, 0.5) is 0 Å². The zero-order valence-corrected chi connectivity index (χ0v) is 13.4. The average molecular weight is 294 g/mol. The van der Waals surface area contributed by atoms with Crippen LogP contribution in [0.25, 0.3) is 0 Å². The molecule has 0 aliphatic heterocycles.